The van der Waals surface area contributed by atoms with E-state index < -0.39 is 0 Å². The van der Waals surface area contributed by atoms with Crippen molar-refractivity contribution >= 4 is 11.6 Å². The van der Waals surface area contributed by atoms with E-state index >= 15 is 0 Å². The van der Waals surface area contributed by atoms with Crippen LogP contribution in [0.15, 0.2) is 30.6 Å². The average molecular weight is 287 g/mol. The number of pyridine rings is 1. The number of aromatic nitrogens is 2. The molecule has 1 aliphatic rings. The largest absolute Gasteiger partial charge is 0.396 e. The van der Waals surface area contributed by atoms with Crippen molar-refractivity contribution in [3.05, 3.63) is 36.3 Å². The zero-order chi connectivity index (χ0) is 14.9. The van der Waals surface area contributed by atoms with Crippen molar-refractivity contribution in [2.24, 2.45) is 5.41 Å². The molecule has 5 heteroatoms. The zero-order valence-corrected chi connectivity index (χ0v) is 12.2. The number of nitrogens with zero attached hydrogens (tertiary/aromatic N) is 2. The van der Waals surface area contributed by atoms with Gasteiger partial charge in [-0.2, -0.15) is 0 Å². The highest BCUT2D eigenvalue weighted by atomic mass is 16.3. The maximum Gasteiger partial charge on any atom is 0.226 e. The molecule has 2 heterocycles. The molecule has 0 aromatic carbocycles. The lowest BCUT2D eigenvalue weighted by molar-refractivity contribution is -0.122. The molecule has 5 nitrogen and oxygen atoms in total. The van der Waals surface area contributed by atoms with Gasteiger partial charge in [0.1, 0.15) is 5.65 Å². The average Bonchev–Trinajstić information content (AvgIpc) is 3.03. The van der Waals surface area contributed by atoms with Gasteiger partial charge in [-0.1, -0.05) is 19.4 Å². The first-order valence-electron chi connectivity index (χ1n) is 7.43. The Hall–Kier alpha value is -1.88. The van der Waals surface area contributed by atoms with Crippen molar-refractivity contribution in [1.82, 2.24) is 14.7 Å². The second-order valence-electron chi connectivity index (χ2n) is 6.20. The summed E-state index contributed by atoms with van der Waals surface area (Å²) in [7, 11) is 0. The highest BCUT2D eigenvalue weighted by molar-refractivity contribution is 5.78. The molecule has 2 atom stereocenters. The molecule has 1 amide bonds. The lowest BCUT2D eigenvalue weighted by Gasteiger charge is -2.30. The Bertz CT molecular complexity index is 619. The second kappa shape index (κ2) is 5.48. The third-order valence-electron chi connectivity index (χ3n) is 4.53. The number of aliphatic hydroxyl groups is 1. The quantitative estimate of drug-likeness (QED) is 0.896. The fourth-order valence-electron chi connectivity index (χ4n) is 3.15. The topological polar surface area (TPSA) is 66.6 Å². The normalized spacial score (nSPS) is 25.3. The van der Waals surface area contributed by atoms with Crippen LogP contribution in [0.5, 0.6) is 0 Å². The number of carbonyl (C=O) groups excluding carboxylic acids is 1. The van der Waals surface area contributed by atoms with E-state index in [-0.39, 0.29) is 30.4 Å². The van der Waals surface area contributed by atoms with E-state index in [1.165, 1.54) is 0 Å². The molecule has 1 saturated carbocycles. The minimum atomic E-state index is -0.186. The molecule has 0 radical (unpaired) electrons. The highest BCUT2D eigenvalue weighted by Crippen LogP contribution is 2.37. The van der Waals surface area contributed by atoms with Gasteiger partial charge < -0.3 is 14.8 Å². The number of fused-ring (bicyclic) bond motifs is 1. The van der Waals surface area contributed by atoms with E-state index in [0.29, 0.717) is 0 Å². The summed E-state index contributed by atoms with van der Waals surface area (Å²) >= 11 is 0. The maximum absolute atomic E-state index is 12.2. The van der Waals surface area contributed by atoms with E-state index in [2.05, 4.69) is 10.3 Å². The maximum atomic E-state index is 12.2. The molecule has 0 spiro atoms. The molecule has 3 rings (SSSR count). The van der Waals surface area contributed by atoms with Gasteiger partial charge in [-0.25, -0.2) is 4.98 Å². The molecule has 0 aliphatic heterocycles. The molecule has 1 fully saturated rings. The van der Waals surface area contributed by atoms with E-state index in [1.54, 1.807) is 0 Å². The van der Waals surface area contributed by atoms with Gasteiger partial charge in [0.05, 0.1) is 18.7 Å². The molecule has 2 aromatic rings. The molecule has 112 valence electrons. The summed E-state index contributed by atoms with van der Waals surface area (Å²) in [6, 6.07) is 5.84. The zero-order valence-electron chi connectivity index (χ0n) is 12.2. The molecule has 2 N–H and O–H groups in total. The lowest BCUT2D eigenvalue weighted by atomic mass is 9.86. The van der Waals surface area contributed by atoms with E-state index in [0.717, 1.165) is 30.6 Å². The van der Waals surface area contributed by atoms with Gasteiger partial charge in [0.25, 0.3) is 0 Å². The number of carbonyl (C=O) groups is 1. The van der Waals surface area contributed by atoms with Crippen LogP contribution in [-0.2, 0) is 11.2 Å². The number of rotatable bonds is 4. The third-order valence-corrected chi connectivity index (χ3v) is 4.53. The van der Waals surface area contributed by atoms with Crippen LogP contribution in [0.3, 0.4) is 0 Å². The standard InChI is InChI=1S/C16H21N3O2/c1-16(11-20)7-4-5-13(16)18-15(21)9-12-10-19-8-3-2-6-14(19)17-12/h2-3,6,8,10,13,20H,4-5,7,9,11H2,1H3,(H,18,21). The van der Waals surface area contributed by atoms with E-state index in [1.807, 2.05) is 41.9 Å². The van der Waals surface area contributed by atoms with Crippen LogP contribution in [0.25, 0.3) is 5.65 Å². The minimum Gasteiger partial charge on any atom is -0.396 e. The van der Waals surface area contributed by atoms with Crippen LogP contribution in [-0.4, -0.2) is 33.0 Å². The molecular formula is C16H21N3O2. The lowest BCUT2D eigenvalue weighted by Crippen LogP contribution is -2.45. The number of nitrogens with one attached hydrogen (secondary N) is 1. The van der Waals surface area contributed by atoms with Crippen molar-refractivity contribution < 1.29 is 9.90 Å². The summed E-state index contributed by atoms with van der Waals surface area (Å²) in [6.07, 6.45) is 7.03. The minimum absolute atomic E-state index is 0.0232. The van der Waals surface area contributed by atoms with Crippen LogP contribution in [0.4, 0.5) is 0 Å². The first-order chi connectivity index (χ1) is 10.1. The number of imidazole rings is 1. The van der Waals surface area contributed by atoms with Gasteiger partial charge in [-0.05, 0) is 25.0 Å². The van der Waals surface area contributed by atoms with Gasteiger partial charge in [0.2, 0.25) is 5.91 Å². The Morgan fingerprint density at radius 2 is 2.43 bits per heavy atom. The van der Waals surface area contributed by atoms with Crippen molar-refractivity contribution in [3.63, 3.8) is 0 Å². The van der Waals surface area contributed by atoms with Gasteiger partial charge in [-0.15, -0.1) is 0 Å². The fourth-order valence-corrected chi connectivity index (χ4v) is 3.15. The number of aliphatic hydroxyl groups excluding tert-OH is 1. The summed E-state index contributed by atoms with van der Waals surface area (Å²) in [6.45, 7) is 2.15. The summed E-state index contributed by atoms with van der Waals surface area (Å²) in [5, 5.41) is 12.6. The smallest absolute Gasteiger partial charge is 0.226 e. The van der Waals surface area contributed by atoms with Crippen LogP contribution < -0.4 is 5.32 Å². The highest BCUT2D eigenvalue weighted by Gasteiger charge is 2.39. The monoisotopic (exact) mass is 287 g/mol. The fraction of sp³-hybridized carbons (Fsp3) is 0.500. The summed E-state index contributed by atoms with van der Waals surface area (Å²) in [5.41, 5.74) is 1.43. The van der Waals surface area contributed by atoms with Gasteiger partial charge in [0, 0.05) is 23.9 Å². The molecule has 0 bridgehead atoms. The van der Waals surface area contributed by atoms with Crippen molar-refractivity contribution in [3.8, 4) is 0 Å². The van der Waals surface area contributed by atoms with Crippen LogP contribution >= 0.6 is 0 Å². The second-order valence-corrected chi connectivity index (χ2v) is 6.20. The van der Waals surface area contributed by atoms with Crippen LogP contribution in [0.2, 0.25) is 0 Å². The predicted octanol–water partition coefficient (Wildman–Crippen LogP) is 1.54. The van der Waals surface area contributed by atoms with Crippen molar-refractivity contribution in [2.75, 3.05) is 6.61 Å². The predicted molar refractivity (Wildman–Crippen MR) is 79.9 cm³/mol. The molecule has 1 aliphatic carbocycles. The SMILES string of the molecule is CC1(CO)CCCC1NC(=O)Cc1cn2ccccc2n1. The number of hydrogen-bond acceptors (Lipinski definition) is 3. The number of amides is 1. The van der Waals surface area contributed by atoms with E-state index in [9.17, 15) is 9.90 Å². The Balaban J connectivity index is 1.66. The Labute approximate surface area is 124 Å². The molecule has 2 aromatic heterocycles. The molecule has 21 heavy (non-hydrogen) atoms. The molecule has 0 saturated heterocycles. The third kappa shape index (κ3) is 2.78. The summed E-state index contributed by atoms with van der Waals surface area (Å²) < 4.78 is 1.91. The van der Waals surface area contributed by atoms with E-state index in [4.69, 9.17) is 0 Å². The summed E-state index contributed by atoms with van der Waals surface area (Å²) in [5.74, 6) is -0.0232. The molecular weight excluding hydrogens is 266 g/mol. The molecule has 2 unspecified atom stereocenters. The Morgan fingerprint density at radius 3 is 3.19 bits per heavy atom. The van der Waals surface area contributed by atoms with Crippen LogP contribution in [0.1, 0.15) is 31.9 Å². The Kier molecular flexibility index (Phi) is 3.68. The first kappa shape index (κ1) is 14.1. The Morgan fingerprint density at radius 1 is 1.57 bits per heavy atom. The van der Waals surface area contributed by atoms with Gasteiger partial charge >= 0.3 is 0 Å². The first-order valence-corrected chi connectivity index (χ1v) is 7.43. The van der Waals surface area contributed by atoms with Crippen molar-refractivity contribution in [2.45, 2.75) is 38.6 Å². The van der Waals surface area contributed by atoms with Gasteiger partial charge in [0.15, 0.2) is 0 Å². The van der Waals surface area contributed by atoms with Crippen molar-refractivity contribution in [1.29, 1.82) is 0 Å². The van der Waals surface area contributed by atoms with Gasteiger partial charge in [-0.3, -0.25) is 4.79 Å². The number of hydrogen-bond donors (Lipinski definition) is 2. The summed E-state index contributed by atoms with van der Waals surface area (Å²) in [4.78, 5) is 16.6. The van der Waals surface area contributed by atoms with Crippen LogP contribution in [0, 0.1) is 5.41 Å².